The number of benzene rings is 1. The highest BCUT2D eigenvalue weighted by atomic mass is 32.1. The summed E-state index contributed by atoms with van der Waals surface area (Å²) >= 11 is 8.21. The molecule has 0 aliphatic rings. The van der Waals surface area contributed by atoms with E-state index in [1.165, 1.54) is 24.3 Å². The van der Waals surface area contributed by atoms with Crippen molar-refractivity contribution in [3.63, 3.8) is 0 Å². The Morgan fingerprint density at radius 2 is 0.825 bits per heavy atom. The van der Waals surface area contributed by atoms with Crippen molar-refractivity contribution in [2.24, 2.45) is 39.9 Å². The summed E-state index contributed by atoms with van der Waals surface area (Å²) < 4.78 is 0. The van der Waals surface area contributed by atoms with Crippen molar-refractivity contribution in [3.8, 4) is 5.75 Å². The number of nitrogens with zero attached hydrogens (tertiary/aromatic N) is 1. The van der Waals surface area contributed by atoms with Crippen molar-refractivity contribution in [2.75, 3.05) is 31.3 Å². The van der Waals surface area contributed by atoms with Gasteiger partial charge in [-0.3, -0.25) is 72.1 Å². The molecule has 0 bridgehead atoms. The minimum atomic E-state index is -2.11. The highest BCUT2D eigenvalue weighted by Gasteiger charge is 2.38. The minimum Gasteiger partial charge on any atom is -0.508 e. The lowest BCUT2D eigenvalue weighted by molar-refractivity contribution is -0.144. The van der Waals surface area contributed by atoms with E-state index in [0.29, 0.717) is 12.0 Å². The van der Waals surface area contributed by atoms with E-state index in [0.717, 1.165) is 0 Å². The lowest BCUT2D eigenvalue weighted by Crippen LogP contribution is -2.62. The number of phenolic OH excluding ortho intramolecular Hbond substituents is 1. The van der Waals surface area contributed by atoms with Gasteiger partial charge in [-0.1, -0.05) is 60.1 Å². The molecule has 0 aliphatic carbocycles. The van der Waals surface area contributed by atoms with Crippen LogP contribution in [0.5, 0.6) is 5.75 Å². The first-order valence-corrected chi connectivity index (χ1v) is 31.9. The maximum Gasteiger partial charge on any atom is 0.326 e. The van der Waals surface area contributed by atoms with Crippen LogP contribution in [0.4, 0.5) is 0 Å². The third-order valence-electron chi connectivity index (χ3n) is 14.3. The van der Waals surface area contributed by atoms with E-state index >= 15 is 0 Å². The van der Waals surface area contributed by atoms with E-state index < -0.39 is 212 Å². The lowest BCUT2D eigenvalue weighted by atomic mass is 9.99. The predicted octanol–water partition coefficient (Wildman–Crippen LogP) is -6.47. The molecule has 0 saturated heterocycles. The standard InChI is InChI=1S/C58H93N15O22S2/c1-7-28(6)45(57(94)95)73-56(93)41(25-97)72-47(84)32(9-8-16-62-58(60)61)63-53(90)38(22-74)69-48(85)33(14-15-42(77)78)64-49(86)34(17-26(2)3)65-52(89)37(21-44(81)82)68-54(91)39(23-75)70-51(88)36(19-29-10-12-30(76)13-11-29)67-50(87)35(18-27(4)5)66-55(92)40(24-96)71-46(83)31(59)20-43(79)80/h10-13,26-28,31-41,45,74-76,96-97H,7-9,14-25,59H2,1-6H3,(H,63,90)(H,64,86)(H,65,89)(H,66,92)(H,67,87)(H,68,91)(H,69,85)(H,70,88)(H,71,83)(H,72,84)(H,73,93)(H,77,78)(H,79,80)(H,81,82)(H,94,95)(H4,60,61,62)/t28-,31-,32-,33-,34-,35-,36-,37-,38-,39-,40-,41-,45-/m0/s1. The summed E-state index contributed by atoms with van der Waals surface area (Å²) in [6, 6.07) is -15.0. The van der Waals surface area contributed by atoms with Crippen LogP contribution < -0.4 is 75.7 Å². The quantitative estimate of drug-likeness (QED) is 0.0125. The fraction of sp³-hybridized carbons (Fsp3) is 0.621. The topological polar surface area (TPSA) is 620 Å². The van der Waals surface area contributed by atoms with Gasteiger partial charge < -0.3 is 111 Å². The summed E-state index contributed by atoms with van der Waals surface area (Å²) in [4.78, 5) is 202. The second-order valence-electron chi connectivity index (χ2n) is 23.4. The molecular formula is C58H93N15O22S2. The number of thiol groups is 2. The molecule has 39 heteroatoms. The van der Waals surface area contributed by atoms with Gasteiger partial charge in [-0.05, 0) is 67.6 Å². The number of aliphatic hydroxyl groups is 2. The fourth-order valence-corrected chi connectivity index (χ4v) is 9.41. The first-order chi connectivity index (χ1) is 45.4. The zero-order valence-corrected chi connectivity index (χ0v) is 56.2. The Bertz CT molecular complexity index is 2920. The van der Waals surface area contributed by atoms with Crippen LogP contribution in [-0.2, 0) is 78.3 Å². The first kappa shape index (κ1) is 85.9. The molecule has 0 aromatic heterocycles. The predicted molar refractivity (Wildman–Crippen MR) is 350 cm³/mol. The Morgan fingerprint density at radius 1 is 0.464 bits per heavy atom. The number of nitrogens with two attached hydrogens (primary N) is 3. The number of rotatable bonds is 46. The molecule has 11 amide bonds. The molecule has 0 spiro atoms. The molecular weight excluding hydrogens is 1320 g/mol. The number of aliphatic hydroxyl groups excluding tert-OH is 2. The summed E-state index contributed by atoms with van der Waals surface area (Å²) in [7, 11) is 0. The molecule has 0 saturated carbocycles. The van der Waals surface area contributed by atoms with Gasteiger partial charge in [0.2, 0.25) is 65.0 Å². The van der Waals surface area contributed by atoms with E-state index in [4.69, 9.17) is 22.3 Å². The molecule has 13 atom stereocenters. The smallest absolute Gasteiger partial charge is 0.326 e. The molecule has 1 aromatic carbocycles. The number of carbonyl (C=O) groups is 15. The number of carboxylic acid groups (broad SMARTS) is 4. The van der Waals surface area contributed by atoms with Gasteiger partial charge in [-0.15, -0.1) is 0 Å². The number of aliphatic carboxylic acids is 4. The van der Waals surface area contributed by atoms with Gasteiger partial charge in [0, 0.05) is 30.9 Å². The number of hydrogen-bond acceptors (Lipinski definition) is 22. The van der Waals surface area contributed by atoms with Crippen LogP contribution in [0.25, 0.3) is 0 Å². The molecule has 544 valence electrons. The number of carboxylic acids is 4. The van der Waals surface area contributed by atoms with E-state index in [1.54, 1.807) is 41.5 Å². The SMILES string of the molecule is CC[C@H](C)[C@H](NC(=O)[C@H](CS)NC(=O)[C@H](CCCN=C(N)N)NC(=O)[C@H](CO)NC(=O)[C@H](CCC(=O)O)NC(=O)[C@H](CC(C)C)NC(=O)[C@H](CC(=O)O)NC(=O)[C@H](CO)NC(=O)[C@H](Cc1ccc(O)cc1)NC(=O)[C@H](CC(C)C)NC(=O)[C@H](CS)NC(=O)[C@@H](N)CC(=O)O)C(=O)O. The molecule has 1 aromatic rings. The third kappa shape index (κ3) is 32.5. The van der Waals surface area contributed by atoms with Gasteiger partial charge in [0.15, 0.2) is 5.96 Å². The molecule has 0 unspecified atom stereocenters. The van der Waals surface area contributed by atoms with E-state index in [2.05, 4.69) is 88.7 Å². The average molecular weight is 1420 g/mol. The van der Waals surface area contributed by atoms with Gasteiger partial charge in [-0.2, -0.15) is 25.3 Å². The van der Waals surface area contributed by atoms with Gasteiger partial charge in [0.1, 0.15) is 72.2 Å². The second kappa shape index (κ2) is 43.9. The van der Waals surface area contributed by atoms with E-state index in [1.807, 2.05) is 0 Å². The van der Waals surface area contributed by atoms with Gasteiger partial charge in [0.25, 0.3) is 0 Å². The fourth-order valence-electron chi connectivity index (χ4n) is 8.90. The number of aromatic hydroxyl groups is 1. The number of amides is 11. The Kier molecular flexibility index (Phi) is 38.9. The van der Waals surface area contributed by atoms with Crippen molar-refractivity contribution in [1.29, 1.82) is 0 Å². The summed E-state index contributed by atoms with van der Waals surface area (Å²) in [6.45, 7) is 7.27. The Morgan fingerprint density at radius 3 is 1.24 bits per heavy atom. The van der Waals surface area contributed by atoms with Crippen molar-refractivity contribution in [3.05, 3.63) is 29.8 Å². The van der Waals surface area contributed by atoms with Crippen LogP contribution in [-0.4, -0.2) is 234 Å². The number of guanidine groups is 1. The van der Waals surface area contributed by atoms with Crippen molar-refractivity contribution in [1.82, 2.24) is 58.5 Å². The first-order valence-electron chi connectivity index (χ1n) is 30.7. The van der Waals surface area contributed by atoms with Gasteiger partial charge in [0.05, 0.1) is 32.1 Å². The van der Waals surface area contributed by atoms with Crippen molar-refractivity contribution in [2.45, 2.75) is 178 Å². The van der Waals surface area contributed by atoms with Crippen LogP contribution in [0.15, 0.2) is 29.3 Å². The minimum absolute atomic E-state index is 0.00398. The van der Waals surface area contributed by atoms with Crippen LogP contribution in [0, 0.1) is 17.8 Å². The lowest BCUT2D eigenvalue weighted by Gasteiger charge is -2.28. The number of carbonyl (C=O) groups excluding carboxylic acids is 11. The Labute approximate surface area is 569 Å². The monoisotopic (exact) mass is 1420 g/mol. The maximum absolute atomic E-state index is 14.2. The molecule has 0 radical (unpaired) electrons. The van der Waals surface area contributed by atoms with Crippen LogP contribution in [0.1, 0.15) is 105 Å². The summed E-state index contributed by atoms with van der Waals surface area (Å²) in [5.74, 6) is -21.1. The average Bonchev–Trinajstić information content (AvgIpc) is 0.886. The number of aliphatic imine (C=N–C) groups is 1. The van der Waals surface area contributed by atoms with Gasteiger partial charge in [-0.25, -0.2) is 4.79 Å². The molecule has 0 heterocycles. The highest BCUT2D eigenvalue weighted by Crippen LogP contribution is 2.15. The molecule has 0 fully saturated rings. The van der Waals surface area contributed by atoms with Crippen LogP contribution in [0.3, 0.4) is 0 Å². The molecule has 1 rings (SSSR count). The molecule has 24 N–H and O–H groups in total. The van der Waals surface area contributed by atoms with E-state index in [-0.39, 0.29) is 67.8 Å². The van der Waals surface area contributed by atoms with E-state index in [9.17, 15) is 103 Å². The normalized spacial score (nSPS) is 15.1. The summed E-state index contributed by atoms with van der Waals surface area (Å²) in [6.07, 6.45) is -4.16. The molecule has 97 heavy (non-hydrogen) atoms. The van der Waals surface area contributed by atoms with Gasteiger partial charge >= 0.3 is 23.9 Å². The maximum atomic E-state index is 14.2. The largest absolute Gasteiger partial charge is 0.508 e. The summed E-state index contributed by atoms with van der Waals surface area (Å²) in [5, 5.41) is 94.4. The zero-order chi connectivity index (χ0) is 74.0. The van der Waals surface area contributed by atoms with Crippen LogP contribution >= 0.6 is 25.3 Å². The zero-order valence-electron chi connectivity index (χ0n) is 54.4. The third-order valence-corrected chi connectivity index (χ3v) is 15.1. The Hall–Kier alpha value is -9.08. The van der Waals surface area contributed by atoms with Crippen molar-refractivity contribution >= 4 is 120 Å². The molecule has 0 aliphatic heterocycles. The number of hydrogen-bond donors (Lipinski definition) is 23. The second-order valence-corrected chi connectivity index (χ2v) is 24.1. The number of phenols is 1. The highest BCUT2D eigenvalue weighted by molar-refractivity contribution is 7.80. The Balaban J connectivity index is 3.58. The molecule has 37 nitrogen and oxygen atoms in total. The number of nitrogens with one attached hydrogen (secondary N) is 11. The van der Waals surface area contributed by atoms with Crippen LogP contribution in [0.2, 0.25) is 0 Å². The summed E-state index contributed by atoms with van der Waals surface area (Å²) in [5.41, 5.74) is 16.8. The van der Waals surface area contributed by atoms with Crippen molar-refractivity contribution < 1.29 is 108 Å².